The Morgan fingerprint density at radius 1 is 1.43 bits per heavy atom. The van der Waals surface area contributed by atoms with Gasteiger partial charge in [0.05, 0.1) is 0 Å². The largest absolute Gasteiger partial charge is 0.480 e. The van der Waals surface area contributed by atoms with Gasteiger partial charge in [-0.3, -0.25) is 14.5 Å². The Bertz CT molecular complexity index is 466. The Morgan fingerprint density at radius 2 is 2.05 bits per heavy atom. The molecule has 1 fully saturated rings. The Balaban J connectivity index is 2.40. The van der Waals surface area contributed by atoms with E-state index in [1.54, 1.807) is 13.8 Å². The average Bonchev–Trinajstić information content (AvgIpc) is 2.53. The van der Waals surface area contributed by atoms with Crippen molar-refractivity contribution in [3.8, 4) is 0 Å². The van der Waals surface area contributed by atoms with E-state index in [9.17, 15) is 19.2 Å². The lowest BCUT2D eigenvalue weighted by molar-refractivity contribution is -0.140. The molecule has 9 heteroatoms. The number of aliphatic carboxylic acids is 1. The van der Waals surface area contributed by atoms with Crippen LogP contribution in [0.1, 0.15) is 20.8 Å². The molecule has 1 unspecified atom stereocenters. The van der Waals surface area contributed by atoms with Crippen molar-refractivity contribution in [2.75, 3.05) is 18.1 Å². The number of nitrogens with one attached hydrogen (secondary N) is 2. The smallest absolute Gasteiger partial charge is 0.327 e. The summed E-state index contributed by atoms with van der Waals surface area (Å²) in [6.07, 6.45) is 0. The van der Waals surface area contributed by atoms with E-state index < -0.39 is 29.5 Å². The maximum Gasteiger partial charge on any atom is 0.327 e. The van der Waals surface area contributed by atoms with Crippen molar-refractivity contribution in [2.45, 2.75) is 32.4 Å². The van der Waals surface area contributed by atoms with Crippen LogP contribution in [-0.4, -0.2) is 63.5 Å². The summed E-state index contributed by atoms with van der Waals surface area (Å²) in [7, 11) is 0. The van der Waals surface area contributed by atoms with E-state index in [1.807, 2.05) is 0 Å². The monoisotopic (exact) mass is 317 g/mol. The van der Waals surface area contributed by atoms with E-state index in [0.717, 1.165) is 4.90 Å². The van der Waals surface area contributed by atoms with Crippen LogP contribution in [0.3, 0.4) is 0 Å². The van der Waals surface area contributed by atoms with Gasteiger partial charge in [0.2, 0.25) is 5.91 Å². The third-order valence-electron chi connectivity index (χ3n) is 2.86. The number of imide groups is 1. The van der Waals surface area contributed by atoms with Gasteiger partial charge in [-0.1, -0.05) is 0 Å². The Labute approximate surface area is 126 Å². The highest BCUT2D eigenvalue weighted by molar-refractivity contribution is 7.99. The Kier molecular flexibility index (Phi) is 5.59. The maximum absolute atomic E-state index is 11.9. The molecule has 0 aliphatic carbocycles. The van der Waals surface area contributed by atoms with Crippen LogP contribution in [0, 0.1) is 0 Å². The van der Waals surface area contributed by atoms with Crippen LogP contribution in [0.4, 0.5) is 4.79 Å². The molecule has 0 aromatic rings. The SMILES string of the molecule is CC(=O)NC(CSCCN1C(=O)NC(C)(C)C1=O)C(=O)O. The molecular formula is C12H19N3O5S. The zero-order valence-corrected chi connectivity index (χ0v) is 13.0. The number of carboxylic acid groups (broad SMARTS) is 1. The summed E-state index contributed by atoms with van der Waals surface area (Å²) < 4.78 is 0. The summed E-state index contributed by atoms with van der Waals surface area (Å²) in [5, 5.41) is 13.8. The highest BCUT2D eigenvalue weighted by Gasteiger charge is 2.43. The first-order valence-electron chi connectivity index (χ1n) is 6.37. The molecule has 3 N–H and O–H groups in total. The number of carboxylic acids is 1. The first kappa shape index (κ1) is 17.3. The molecule has 0 bridgehead atoms. The fourth-order valence-electron chi connectivity index (χ4n) is 1.80. The Hall–Kier alpha value is -1.77. The van der Waals surface area contributed by atoms with Crippen LogP contribution >= 0.6 is 11.8 Å². The van der Waals surface area contributed by atoms with Crippen molar-refractivity contribution >= 4 is 35.6 Å². The molecule has 4 amide bonds. The number of hydrogen-bond acceptors (Lipinski definition) is 5. The number of nitrogens with zero attached hydrogens (tertiary/aromatic N) is 1. The Morgan fingerprint density at radius 3 is 2.48 bits per heavy atom. The van der Waals surface area contributed by atoms with Crippen LogP contribution in [0.15, 0.2) is 0 Å². The van der Waals surface area contributed by atoms with E-state index in [2.05, 4.69) is 10.6 Å². The van der Waals surface area contributed by atoms with Gasteiger partial charge >= 0.3 is 12.0 Å². The van der Waals surface area contributed by atoms with E-state index in [0.29, 0.717) is 5.75 Å². The van der Waals surface area contributed by atoms with Crippen molar-refractivity contribution in [1.82, 2.24) is 15.5 Å². The number of amides is 4. The first-order chi connectivity index (χ1) is 9.65. The lowest BCUT2D eigenvalue weighted by atomic mass is 10.1. The summed E-state index contributed by atoms with van der Waals surface area (Å²) in [6, 6.07) is -1.42. The van der Waals surface area contributed by atoms with E-state index >= 15 is 0 Å². The zero-order chi connectivity index (χ0) is 16.2. The summed E-state index contributed by atoms with van der Waals surface area (Å²) in [4.78, 5) is 46.4. The standard InChI is InChI=1S/C12H19N3O5S/c1-7(16)13-8(9(17)18)6-21-5-4-15-10(19)12(2,3)14-11(15)20/h8H,4-6H2,1-3H3,(H,13,16)(H,14,20)(H,17,18). The summed E-state index contributed by atoms with van der Waals surface area (Å²) in [5.41, 5.74) is -0.901. The molecule has 0 spiro atoms. The van der Waals surface area contributed by atoms with Gasteiger partial charge in [0.1, 0.15) is 11.6 Å². The van der Waals surface area contributed by atoms with Crippen LogP contribution in [0.2, 0.25) is 0 Å². The summed E-state index contributed by atoms with van der Waals surface area (Å²) in [5.74, 6) is -1.27. The molecule has 0 saturated carbocycles. The lowest BCUT2D eigenvalue weighted by Crippen LogP contribution is -2.42. The second-order valence-electron chi connectivity index (χ2n) is 5.18. The third kappa shape index (κ3) is 4.62. The van der Waals surface area contributed by atoms with Gasteiger partial charge in [0.25, 0.3) is 5.91 Å². The molecule has 1 rings (SSSR count). The van der Waals surface area contributed by atoms with E-state index in [4.69, 9.17) is 5.11 Å². The number of hydrogen-bond donors (Lipinski definition) is 3. The first-order valence-corrected chi connectivity index (χ1v) is 7.52. The zero-order valence-electron chi connectivity index (χ0n) is 12.1. The van der Waals surface area contributed by atoms with Gasteiger partial charge in [-0.15, -0.1) is 0 Å². The molecule has 0 aromatic carbocycles. The number of urea groups is 1. The van der Waals surface area contributed by atoms with Crippen LogP contribution in [0.25, 0.3) is 0 Å². The number of thioether (sulfide) groups is 1. The molecular weight excluding hydrogens is 298 g/mol. The maximum atomic E-state index is 11.9. The summed E-state index contributed by atoms with van der Waals surface area (Å²) in [6.45, 7) is 4.69. The third-order valence-corrected chi connectivity index (χ3v) is 3.90. The molecule has 118 valence electrons. The van der Waals surface area contributed by atoms with E-state index in [-0.39, 0.29) is 18.2 Å². The second kappa shape index (κ2) is 6.79. The lowest BCUT2D eigenvalue weighted by Gasteiger charge is -2.16. The molecule has 0 radical (unpaired) electrons. The highest BCUT2D eigenvalue weighted by Crippen LogP contribution is 2.17. The normalized spacial score (nSPS) is 18.3. The molecule has 1 heterocycles. The predicted molar refractivity (Wildman–Crippen MR) is 76.9 cm³/mol. The van der Waals surface area contributed by atoms with Gasteiger partial charge < -0.3 is 15.7 Å². The number of rotatable bonds is 7. The van der Waals surface area contributed by atoms with Gasteiger partial charge in [0, 0.05) is 25.0 Å². The average molecular weight is 317 g/mol. The van der Waals surface area contributed by atoms with Crippen molar-refractivity contribution in [2.24, 2.45) is 0 Å². The topological polar surface area (TPSA) is 116 Å². The molecule has 1 saturated heterocycles. The van der Waals surface area contributed by atoms with Gasteiger partial charge in [0.15, 0.2) is 0 Å². The summed E-state index contributed by atoms with van der Waals surface area (Å²) >= 11 is 1.25. The van der Waals surface area contributed by atoms with Crippen molar-refractivity contribution in [1.29, 1.82) is 0 Å². The van der Waals surface area contributed by atoms with Gasteiger partial charge in [-0.25, -0.2) is 9.59 Å². The molecule has 21 heavy (non-hydrogen) atoms. The molecule has 1 atom stereocenters. The van der Waals surface area contributed by atoms with Crippen molar-refractivity contribution < 1.29 is 24.3 Å². The molecule has 1 aliphatic heterocycles. The molecule has 8 nitrogen and oxygen atoms in total. The fraction of sp³-hybridized carbons (Fsp3) is 0.667. The molecule has 1 aliphatic rings. The number of carbonyl (C=O) groups excluding carboxylic acids is 3. The highest BCUT2D eigenvalue weighted by atomic mass is 32.2. The molecule has 0 aromatic heterocycles. The quantitative estimate of drug-likeness (QED) is 0.436. The van der Waals surface area contributed by atoms with Crippen molar-refractivity contribution in [3.05, 3.63) is 0 Å². The van der Waals surface area contributed by atoms with Crippen molar-refractivity contribution in [3.63, 3.8) is 0 Å². The predicted octanol–water partition coefficient (Wildman–Crippen LogP) is -0.361. The van der Waals surface area contributed by atoms with Gasteiger partial charge in [-0.05, 0) is 13.8 Å². The minimum absolute atomic E-state index is 0.169. The minimum Gasteiger partial charge on any atom is -0.480 e. The van der Waals surface area contributed by atoms with Crippen LogP contribution < -0.4 is 10.6 Å². The second-order valence-corrected chi connectivity index (χ2v) is 6.33. The minimum atomic E-state index is -1.12. The van der Waals surface area contributed by atoms with E-state index in [1.165, 1.54) is 18.7 Å². The van der Waals surface area contributed by atoms with Crippen LogP contribution in [-0.2, 0) is 14.4 Å². The van der Waals surface area contributed by atoms with Gasteiger partial charge in [-0.2, -0.15) is 11.8 Å². The number of carbonyl (C=O) groups is 4. The van der Waals surface area contributed by atoms with Crippen LogP contribution in [0.5, 0.6) is 0 Å². The fourth-order valence-corrected chi connectivity index (χ4v) is 2.74.